The predicted molar refractivity (Wildman–Crippen MR) is 62.6 cm³/mol. The number of likely N-dealkylation sites (N-methyl/N-ethyl adjacent to an activating group) is 1. The molecule has 0 unspecified atom stereocenters. The van der Waals surface area contributed by atoms with Gasteiger partial charge in [-0.05, 0) is 23.8 Å². The maximum atomic E-state index is 10.8. The second kappa shape index (κ2) is 5.03. The molecule has 0 aliphatic carbocycles. The van der Waals surface area contributed by atoms with Gasteiger partial charge in [-0.15, -0.1) is 0 Å². The van der Waals surface area contributed by atoms with E-state index in [9.17, 15) is 4.79 Å². The molecule has 0 aliphatic heterocycles. The van der Waals surface area contributed by atoms with Gasteiger partial charge in [0.1, 0.15) is 0 Å². The van der Waals surface area contributed by atoms with E-state index in [1.54, 1.807) is 30.1 Å². The molecule has 0 fully saturated rings. The first-order valence-corrected chi connectivity index (χ1v) is 4.79. The Morgan fingerprint density at radius 1 is 1.56 bits per heavy atom. The summed E-state index contributed by atoms with van der Waals surface area (Å²) in [5.41, 5.74) is 13.0. The molecule has 0 saturated carbocycles. The van der Waals surface area contributed by atoms with Crippen LogP contribution in [0.1, 0.15) is 5.56 Å². The third kappa shape index (κ3) is 2.89. The van der Waals surface area contributed by atoms with Gasteiger partial charge in [-0.3, -0.25) is 4.79 Å². The van der Waals surface area contributed by atoms with Crippen LogP contribution >= 0.6 is 0 Å². The number of anilines is 2. The van der Waals surface area contributed by atoms with Gasteiger partial charge >= 0.3 is 0 Å². The highest BCUT2D eigenvalue weighted by atomic mass is 16.1. The molecule has 0 bridgehead atoms. The van der Waals surface area contributed by atoms with Crippen LogP contribution in [0.25, 0.3) is 0 Å². The Morgan fingerprint density at radius 2 is 2.25 bits per heavy atom. The van der Waals surface area contributed by atoms with Crippen molar-refractivity contribution in [2.75, 3.05) is 24.2 Å². The minimum absolute atomic E-state index is 0.135. The lowest BCUT2D eigenvalue weighted by Gasteiger charge is -2.18. The molecule has 1 rings (SSSR count). The van der Waals surface area contributed by atoms with Crippen molar-refractivity contribution in [3.05, 3.63) is 23.8 Å². The van der Waals surface area contributed by atoms with E-state index < -0.39 is 5.91 Å². The molecule has 0 saturated heterocycles. The SMILES string of the molecule is CN(CC(N)=O)c1ccc(N)c(CC#N)c1. The number of primary amides is 1. The summed E-state index contributed by atoms with van der Waals surface area (Å²) < 4.78 is 0. The zero-order valence-corrected chi connectivity index (χ0v) is 9.10. The lowest BCUT2D eigenvalue weighted by Crippen LogP contribution is -2.30. The van der Waals surface area contributed by atoms with Gasteiger partial charge in [0.05, 0.1) is 19.0 Å². The van der Waals surface area contributed by atoms with Gasteiger partial charge in [0, 0.05) is 18.4 Å². The molecule has 16 heavy (non-hydrogen) atoms. The van der Waals surface area contributed by atoms with Crippen LogP contribution < -0.4 is 16.4 Å². The van der Waals surface area contributed by atoms with Crippen molar-refractivity contribution in [1.29, 1.82) is 5.26 Å². The number of nitrogens with zero attached hydrogens (tertiary/aromatic N) is 2. The molecular weight excluding hydrogens is 204 g/mol. The third-order valence-electron chi connectivity index (χ3n) is 2.23. The molecule has 0 atom stereocenters. The van der Waals surface area contributed by atoms with Crippen molar-refractivity contribution in [2.45, 2.75) is 6.42 Å². The Bertz CT molecular complexity index is 436. The average molecular weight is 218 g/mol. The second-order valence-electron chi connectivity index (χ2n) is 3.54. The molecule has 0 spiro atoms. The predicted octanol–water partition coefficient (Wildman–Crippen LogP) is 0.256. The number of hydrogen-bond acceptors (Lipinski definition) is 4. The first-order valence-electron chi connectivity index (χ1n) is 4.79. The molecule has 5 nitrogen and oxygen atoms in total. The zero-order valence-electron chi connectivity index (χ0n) is 9.10. The van der Waals surface area contributed by atoms with E-state index in [1.165, 1.54) is 0 Å². The summed E-state index contributed by atoms with van der Waals surface area (Å²) in [5, 5.41) is 8.63. The Balaban J connectivity index is 2.94. The number of hydrogen-bond donors (Lipinski definition) is 2. The van der Waals surface area contributed by atoms with Crippen LogP contribution in [0.3, 0.4) is 0 Å². The molecule has 0 aromatic heterocycles. The highest BCUT2D eigenvalue weighted by Gasteiger charge is 2.06. The van der Waals surface area contributed by atoms with E-state index in [0.717, 1.165) is 11.3 Å². The molecule has 0 heterocycles. The second-order valence-corrected chi connectivity index (χ2v) is 3.54. The standard InChI is InChI=1S/C11H14N4O/c1-15(7-11(14)16)9-2-3-10(13)8(6-9)4-5-12/h2-3,6H,4,7,13H2,1H3,(H2,14,16). The summed E-state index contributed by atoms with van der Waals surface area (Å²) >= 11 is 0. The van der Waals surface area contributed by atoms with Crippen molar-refractivity contribution >= 4 is 17.3 Å². The first kappa shape index (κ1) is 11.9. The van der Waals surface area contributed by atoms with Gasteiger partial charge in [0.15, 0.2) is 0 Å². The van der Waals surface area contributed by atoms with Gasteiger partial charge in [0.25, 0.3) is 0 Å². The summed E-state index contributed by atoms with van der Waals surface area (Å²) in [6, 6.07) is 7.35. The molecule has 5 heteroatoms. The van der Waals surface area contributed by atoms with Crippen molar-refractivity contribution in [2.24, 2.45) is 5.73 Å². The summed E-state index contributed by atoms with van der Waals surface area (Å²) in [6.07, 6.45) is 0.254. The number of carbonyl (C=O) groups excluding carboxylic acids is 1. The topological polar surface area (TPSA) is 96.1 Å². The zero-order chi connectivity index (χ0) is 12.1. The maximum absolute atomic E-state index is 10.8. The van der Waals surface area contributed by atoms with Gasteiger partial charge in [-0.25, -0.2) is 0 Å². The molecule has 1 amide bonds. The number of nitrogen functional groups attached to an aromatic ring is 1. The van der Waals surface area contributed by atoms with Crippen molar-refractivity contribution < 1.29 is 4.79 Å². The highest BCUT2D eigenvalue weighted by Crippen LogP contribution is 2.20. The van der Waals surface area contributed by atoms with Crippen LogP contribution in [0, 0.1) is 11.3 Å². The van der Waals surface area contributed by atoms with E-state index in [2.05, 4.69) is 0 Å². The van der Waals surface area contributed by atoms with Crippen molar-refractivity contribution in [1.82, 2.24) is 0 Å². The molecule has 4 N–H and O–H groups in total. The average Bonchev–Trinajstić information content (AvgIpc) is 2.20. The van der Waals surface area contributed by atoms with Gasteiger partial charge < -0.3 is 16.4 Å². The summed E-state index contributed by atoms with van der Waals surface area (Å²) in [4.78, 5) is 12.5. The summed E-state index contributed by atoms with van der Waals surface area (Å²) in [5.74, 6) is -0.402. The van der Waals surface area contributed by atoms with Gasteiger partial charge in [0.2, 0.25) is 5.91 Å². The number of nitrogens with two attached hydrogens (primary N) is 2. The number of rotatable bonds is 4. The molecule has 1 aromatic rings. The molecule has 0 aliphatic rings. The van der Waals surface area contributed by atoms with E-state index in [4.69, 9.17) is 16.7 Å². The van der Waals surface area contributed by atoms with Gasteiger partial charge in [-0.2, -0.15) is 5.26 Å². The van der Waals surface area contributed by atoms with Crippen LogP contribution in [0.2, 0.25) is 0 Å². The largest absolute Gasteiger partial charge is 0.398 e. The van der Waals surface area contributed by atoms with Crippen LogP contribution in [-0.4, -0.2) is 19.5 Å². The number of nitriles is 1. The molecule has 1 aromatic carbocycles. The Kier molecular flexibility index (Phi) is 3.72. The fraction of sp³-hybridized carbons (Fsp3) is 0.273. The molecule has 84 valence electrons. The van der Waals surface area contributed by atoms with Crippen LogP contribution in [0.4, 0.5) is 11.4 Å². The van der Waals surface area contributed by atoms with E-state index >= 15 is 0 Å². The monoisotopic (exact) mass is 218 g/mol. The van der Waals surface area contributed by atoms with Crippen LogP contribution in [0.5, 0.6) is 0 Å². The minimum Gasteiger partial charge on any atom is -0.398 e. The maximum Gasteiger partial charge on any atom is 0.236 e. The molecule has 0 radical (unpaired) electrons. The number of carbonyl (C=O) groups is 1. The lowest BCUT2D eigenvalue weighted by atomic mass is 10.1. The highest BCUT2D eigenvalue weighted by molar-refractivity contribution is 5.79. The minimum atomic E-state index is -0.402. The summed E-state index contributed by atoms with van der Waals surface area (Å²) in [7, 11) is 1.76. The summed E-state index contributed by atoms with van der Waals surface area (Å²) in [6.45, 7) is 0.135. The van der Waals surface area contributed by atoms with E-state index in [0.29, 0.717) is 5.69 Å². The van der Waals surface area contributed by atoms with Crippen LogP contribution in [0.15, 0.2) is 18.2 Å². The third-order valence-corrected chi connectivity index (χ3v) is 2.23. The van der Waals surface area contributed by atoms with Crippen molar-refractivity contribution in [3.63, 3.8) is 0 Å². The molecular formula is C11H14N4O. The van der Waals surface area contributed by atoms with Gasteiger partial charge in [-0.1, -0.05) is 0 Å². The fourth-order valence-electron chi connectivity index (χ4n) is 1.39. The van der Waals surface area contributed by atoms with E-state index in [1.807, 2.05) is 6.07 Å². The number of benzene rings is 1. The van der Waals surface area contributed by atoms with Crippen LogP contribution in [-0.2, 0) is 11.2 Å². The Hall–Kier alpha value is -2.22. The van der Waals surface area contributed by atoms with Crippen molar-refractivity contribution in [3.8, 4) is 6.07 Å². The van der Waals surface area contributed by atoms with E-state index in [-0.39, 0.29) is 13.0 Å². The lowest BCUT2D eigenvalue weighted by molar-refractivity contribution is -0.116. The first-order chi connectivity index (χ1) is 7.54. The Labute approximate surface area is 94.2 Å². The normalized spacial score (nSPS) is 9.50. The quantitative estimate of drug-likeness (QED) is 0.708. The fourth-order valence-corrected chi connectivity index (χ4v) is 1.39. The Morgan fingerprint density at radius 3 is 2.81 bits per heavy atom. The number of amides is 1. The smallest absolute Gasteiger partial charge is 0.236 e.